The molecule has 0 aliphatic heterocycles. The minimum absolute atomic E-state index is 0.0279. The molecule has 0 atom stereocenters. The summed E-state index contributed by atoms with van der Waals surface area (Å²) < 4.78 is 67.9. The number of carbonyl (C=O) groups is 1. The van der Waals surface area contributed by atoms with Crippen molar-refractivity contribution in [1.82, 2.24) is 9.71 Å². The number of aryl methyl sites for hydroxylation is 1. The number of hydrogen-bond donors (Lipinski definition) is 2. The summed E-state index contributed by atoms with van der Waals surface area (Å²) in [6.07, 6.45) is -4.50. The smallest absolute Gasteiger partial charge is 0.478 e. The van der Waals surface area contributed by atoms with Crippen LogP contribution in [0.1, 0.15) is 21.6 Å². The van der Waals surface area contributed by atoms with Crippen LogP contribution in [-0.4, -0.2) is 37.4 Å². The first-order valence-electron chi connectivity index (χ1n) is 9.09. The number of nitrogens with zero attached hydrogens (tertiary/aromatic N) is 1. The van der Waals surface area contributed by atoms with Gasteiger partial charge in [0.15, 0.2) is 0 Å². The number of nitrogens with one attached hydrogen (secondary N) is 1. The van der Waals surface area contributed by atoms with Crippen LogP contribution in [0.15, 0.2) is 52.7 Å². The second kappa shape index (κ2) is 9.27. The summed E-state index contributed by atoms with van der Waals surface area (Å²) in [5.74, 6) is -1.55. The number of carboxylic acid groups (broad SMARTS) is 1. The number of rotatable bonds is 8. The Kier molecular flexibility index (Phi) is 6.86. The van der Waals surface area contributed by atoms with Crippen LogP contribution in [0, 0.1) is 6.92 Å². The van der Waals surface area contributed by atoms with Crippen molar-refractivity contribution >= 4 is 27.3 Å². The normalized spacial score (nSPS) is 12.0. The average molecular weight is 486 g/mol. The molecule has 1 heterocycles. The average Bonchev–Trinajstić information content (AvgIpc) is 3.16. The van der Waals surface area contributed by atoms with E-state index >= 15 is 0 Å². The zero-order valence-corrected chi connectivity index (χ0v) is 18.1. The number of thiazole rings is 1. The lowest BCUT2D eigenvalue weighted by atomic mass is 10.1. The summed E-state index contributed by atoms with van der Waals surface area (Å²) in [5, 5.41) is 11.4. The molecule has 7 nitrogen and oxygen atoms in total. The van der Waals surface area contributed by atoms with Gasteiger partial charge in [0.25, 0.3) is 0 Å². The van der Waals surface area contributed by atoms with Gasteiger partial charge < -0.3 is 9.84 Å². The lowest BCUT2D eigenvalue weighted by Gasteiger charge is -2.08. The van der Waals surface area contributed by atoms with E-state index in [2.05, 4.69) is 14.4 Å². The molecule has 3 rings (SSSR count). The van der Waals surface area contributed by atoms with Crippen molar-refractivity contribution < 1.29 is 36.2 Å². The van der Waals surface area contributed by atoms with Gasteiger partial charge in [-0.05, 0) is 48.9 Å². The number of carboxylic acids is 1. The van der Waals surface area contributed by atoms with Gasteiger partial charge in [-0.2, -0.15) is 0 Å². The Bertz CT molecular complexity index is 1220. The van der Waals surface area contributed by atoms with Gasteiger partial charge in [0.1, 0.15) is 10.8 Å². The number of alkyl halides is 3. The molecule has 2 N–H and O–H groups in total. The van der Waals surface area contributed by atoms with Crippen molar-refractivity contribution in [3.63, 3.8) is 0 Å². The maximum atomic E-state index is 12.5. The molecular weight excluding hydrogens is 469 g/mol. The fraction of sp³-hybridized carbons (Fsp3) is 0.200. The highest BCUT2D eigenvalue weighted by molar-refractivity contribution is 7.89. The molecule has 12 heteroatoms. The van der Waals surface area contributed by atoms with Crippen LogP contribution in [0.5, 0.6) is 5.75 Å². The number of benzene rings is 2. The quantitative estimate of drug-likeness (QED) is 0.494. The zero-order valence-electron chi connectivity index (χ0n) is 16.5. The summed E-state index contributed by atoms with van der Waals surface area (Å²) in [7, 11) is -3.91. The molecule has 0 bridgehead atoms. The topological polar surface area (TPSA) is 106 Å². The first-order chi connectivity index (χ1) is 14.9. The van der Waals surface area contributed by atoms with Crippen LogP contribution in [0.25, 0.3) is 10.6 Å². The minimum Gasteiger partial charge on any atom is -0.478 e. The second-order valence-corrected chi connectivity index (χ2v) is 9.27. The molecule has 32 heavy (non-hydrogen) atoms. The predicted octanol–water partition coefficient (Wildman–Crippen LogP) is 4.24. The molecule has 0 saturated carbocycles. The molecular formula is C20H17F3N2O5S2. The van der Waals surface area contributed by atoms with Crippen LogP contribution in [0.2, 0.25) is 0 Å². The minimum atomic E-state index is -4.77. The monoisotopic (exact) mass is 486 g/mol. The van der Waals surface area contributed by atoms with E-state index < -0.39 is 22.4 Å². The van der Waals surface area contributed by atoms with Gasteiger partial charge in [-0.15, -0.1) is 24.5 Å². The molecule has 0 saturated heterocycles. The fourth-order valence-electron chi connectivity index (χ4n) is 2.75. The standard InChI is InChI=1S/C20H17F3N2O5S2/c1-12-2-7-16(10-17(12)19(26)27)32(28,29)24-9-8-14-11-31-18(25-14)13-3-5-15(6-4-13)30-20(21,22)23/h2-7,10-11,24H,8-9H2,1H3,(H,26,27). The summed E-state index contributed by atoms with van der Waals surface area (Å²) in [5.41, 5.74) is 1.55. The van der Waals surface area contributed by atoms with E-state index in [-0.39, 0.29) is 29.2 Å². The number of hydrogen-bond acceptors (Lipinski definition) is 6. The zero-order chi connectivity index (χ0) is 23.5. The van der Waals surface area contributed by atoms with Gasteiger partial charge >= 0.3 is 12.3 Å². The Hall–Kier alpha value is -2.96. The highest BCUT2D eigenvalue weighted by Crippen LogP contribution is 2.28. The van der Waals surface area contributed by atoms with Gasteiger partial charge in [0, 0.05) is 23.9 Å². The van der Waals surface area contributed by atoms with Crippen LogP contribution in [0.4, 0.5) is 13.2 Å². The molecule has 0 fully saturated rings. The van der Waals surface area contributed by atoms with E-state index in [1.165, 1.54) is 47.7 Å². The SMILES string of the molecule is Cc1ccc(S(=O)(=O)NCCc2csc(-c3ccc(OC(F)(F)F)cc3)n2)cc1C(=O)O. The van der Waals surface area contributed by atoms with Crippen molar-refractivity contribution in [3.05, 3.63) is 64.7 Å². The highest BCUT2D eigenvalue weighted by atomic mass is 32.2. The molecule has 0 spiro atoms. The number of sulfonamides is 1. The van der Waals surface area contributed by atoms with Crippen molar-refractivity contribution in [1.29, 1.82) is 0 Å². The van der Waals surface area contributed by atoms with E-state index in [1.54, 1.807) is 12.3 Å². The van der Waals surface area contributed by atoms with Crippen molar-refractivity contribution in [2.75, 3.05) is 6.54 Å². The van der Waals surface area contributed by atoms with E-state index in [9.17, 15) is 26.4 Å². The molecule has 0 aliphatic rings. The number of halogens is 3. The van der Waals surface area contributed by atoms with E-state index in [4.69, 9.17) is 5.11 Å². The van der Waals surface area contributed by atoms with Crippen molar-refractivity contribution in [2.24, 2.45) is 0 Å². The summed E-state index contributed by atoms with van der Waals surface area (Å²) in [4.78, 5) is 15.4. The first-order valence-corrected chi connectivity index (χ1v) is 11.4. The molecule has 0 aliphatic carbocycles. The van der Waals surface area contributed by atoms with Gasteiger partial charge in [-0.25, -0.2) is 22.9 Å². The van der Waals surface area contributed by atoms with Gasteiger partial charge in [0.05, 0.1) is 16.2 Å². The maximum Gasteiger partial charge on any atom is 0.573 e. The fourth-order valence-corrected chi connectivity index (χ4v) is 4.67. The van der Waals surface area contributed by atoms with E-state index in [1.807, 2.05) is 0 Å². The molecule has 0 unspecified atom stereocenters. The van der Waals surface area contributed by atoms with Crippen molar-refractivity contribution in [2.45, 2.75) is 24.6 Å². The second-order valence-electron chi connectivity index (χ2n) is 6.65. The Morgan fingerprint density at radius 1 is 1.19 bits per heavy atom. The van der Waals surface area contributed by atoms with Gasteiger partial charge in [-0.3, -0.25) is 0 Å². The molecule has 2 aromatic carbocycles. The van der Waals surface area contributed by atoms with Crippen LogP contribution >= 0.6 is 11.3 Å². The summed E-state index contributed by atoms with van der Waals surface area (Å²) in [6.45, 7) is 1.60. The predicted molar refractivity (Wildman–Crippen MR) is 111 cm³/mol. The lowest BCUT2D eigenvalue weighted by Crippen LogP contribution is -2.26. The molecule has 0 amide bonds. The Morgan fingerprint density at radius 2 is 1.88 bits per heavy atom. The number of aromatic nitrogens is 1. The Balaban J connectivity index is 1.62. The third kappa shape index (κ3) is 6.05. The van der Waals surface area contributed by atoms with E-state index in [0.717, 1.165) is 6.07 Å². The maximum absolute atomic E-state index is 12.5. The summed E-state index contributed by atoms with van der Waals surface area (Å²) >= 11 is 1.27. The van der Waals surface area contributed by atoms with E-state index in [0.29, 0.717) is 21.8 Å². The molecule has 0 radical (unpaired) electrons. The van der Waals surface area contributed by atoms with Gasteiger partial charge in [0.2, 0.25) is 10.0 Å². The third-order valence-electron chi connectivity index (χ3n) is 4.31. The first kappa shape index (κ1) is 23.7. The Morgan fingerprint density at radius 3 is 2.50 bits per heavy atom. The highest BCUT2D eigenvalue weighted by Gasteiger charge is 2.31. The summed E-state index contributed by atoms with van der Waals surface area (Å²) in [6, 6.07) is 9.13. The third-order valence-corrected chi connectivity index (χ3v) is 6.71. The van der Waals surface area contributed by atoms with Crippen molar-refractivity contribution in [3.8, 4) is 16.3 Å². The lowest BCUT2D eigenvalue weighted by molar-refractivity contribution is -0.274. The Labute approximate surface area is 185 Å². The number of aromatic carboxylic acids is 1. The molecule has 170 valence electrons. The largest absolute Gasteiger partial charge is 0.573 e. The van der Waals surface area contributed by atoms with Crippen LogP contribution in [-0.2, 0) is 16.4 Å². The van der Waals surface area contributed by atoms with Crippen LogP contribution in [0.3, 0.4) is 0 Å². The molecule has 3 aromatic rings. The molecule has 1 aromatic heterocycles. The van der Waals surface area contributed by atoms with Gasteiger partial charge in [-0.1, -0.05) is 6.07 Å². The number of ether oxygens (including phenoxy) is 1. The van der Waals surface area contributed by atoms with Crippen LogP contribution < -0.4 is 9.46 Å².